The fourth-order valence-corrected chi connectivity index (χ4v) is 4.69. The number of hydrazine groups is 2. The van der Waals surface area contributed by atoms with E-state index in [4.69, 9.17) is 4.74 Å². The molecule has 0 saturated heterocycles. The number of benzene rings is 1. The summed E-state index contributed by atoms with van der Waals surface area (Å²) in [5.41, 5.74) is 3.44. The van der Waals surface area contributed by atoms with Gasteiger partial charge in [0.1, 0.15) is 0 Å². The largest absolute Gasteiger partial charge is 0.478 e. The fraction of sp³-hybridized carbons (Fsp3) is 0.250. The van der Waals surface area contributed by atoms with Crippen LogP contribution in [0.4, 0.5) is 10.8 Å². The van der Waals surface area contributed by atoms with E-state index in [0.717, 1.165) is 10.6 Å². The summed E-state index contributed by atoms with van der Waals surface area (Å²) >= 11 is 1.42. The molecule has 0 spiro atoms. The molecule has 1 unspecified atom stereocenters. The summed E-state index contributed by atoms with van der Waals surface area (Å²) in [7, 11) is -2.89. The molecule has 0 bridgehead atoms. The molecule has 2 heterocycles. The number of hydrazone groups is 1. The van der Waals surface area contributed by atoms with Gasteiger partial charge in [0.25, 0.3) is 10.1 Å². The summed E-state index contributed by atoms with van der Waals surface area (Å²) in [4.78, 5) is 16.9. The average molecular weight is 492 g/mol. The molecule has 1 atom stereocenters. The van der Waals surface area contributed by atoms with Gasteiger partial charge in [-0.1, -0.05) is 23.5 Å². The molecule has 174 valence electrons. The molecule has 2 aliphatic rings. The maximum Gasteiger partial charge on any atom is 0.331 e. The number of aliphatic carboxylic acids is 1. The maximum absolute atomic E-state index is 11.6. The highest BCUT2D eigenvalue weighted by Gasteiger charge is 2.43. The number of thiazole rings is 1. The van der Waals surface area contributed by atoms with Crippen molar-refractivity contribution in [2.24, 2.45) is 5.10 Å². The molecule has 33 heavy (non-hydrogen) atoms. The van der Waals surface area contributed by atoms with E-state index in [9.17, 15) is 22.9 Å². The van der Waals surface area contributed by atoms with Crippen molar-refractivity contribution in [3.63, 3.8) is 0 Å². The summed E-state index contributed by atoms with van der Waals surface area (Å²) < 4.78 is 37.9. The number of aromatic nitrogens is 1. The van der Waals surface area contributed by atoms with Crippen LogP contribution in [0.2, 0.25) is 0 Å². The lowest BCUT2D eigenvalue weighted by Crippen LogP contribution is -2.52. The molecule has 0 saturated carbocycles. The van der Waals surface area contributed by atoms with Crippen molar-refractivity contribution in [1.29, 1.82) is 0 Å². The van der Waals surface area contributed by atoms with Crippen LogP contribution in [0.25, 0.3) is 0 Å². The number of methoxy groups -OCH3 is 1. The third-order valence-electron chi connectivity index (χ3n) is 5.32. The topological polar surface area (TPSA) is 145 Å². The Morgan fingerprint density at radius 2 is 1.97 bits per heavy atom. The number of rotatable bonds is 6. The minimum atomic E-state index is -4.35. The van der Waals surface area contributed by atoms with Gasteiger partial charge in [-0.3, -0.25) is 9.98 Å². The van der Waals surface area contributed by atoms with Crippen molar-refractivity contribution in [2.45, 2.75) is 30.8 Å². The number of allylic oxidation sites excluding steroid dienone is 2. The summed E-state index contributed by atoms with van der Waals surface area (Å²) in [6.07, 6.45) is 4.87. The van der Waals surface area contributed by atoms with E-state index in [0.29, 0.717) is 16.7 Å². The summed E-state index contributed by atoms with van der Waals surface area (Å²) in [6.45, 7) is 3.81. The van der Waals surface area contributed by atoms with Crippen LogP contribution < -0.4 is 15.7 Å². The number of carboxylic acid groups (broad SMARTS) is 1. The Morgan fingerprint density at radius 3 is 2.52 bits per heavy atom. The molecular formula is C20H21N5O6S2. The van der Waals surface area contributed by atoms with Crippen LogP contribution in [0.3, 0.4) is 0 Å². The zero-order valence-electron chi connectivity index (χ0n) is 17.9. The lowest BCUT2D eigenvalue weighted by atomic mass is 9.88. The number of carboxylic acids is 1. The second-order valence-electron chi connectivity index (χ2n) is 7.40. The van der Waals surface area contributed by atoms with E-state index < -0.39 is 21.7 Å². The lowest BCUT2D eigenvalue weighted by Gasteiger charge is -2.31. The molecule has 4 rings (SSSR count). The Kier molecular flexibility index (Phi) is 5.74. The fourth-order valence-electron chi connectivity index (χ4n) is 3.36. The van der Waals surface area contributed by atoms with Gasteiger partial charge in [-0.2, -0.15) is 8.42 Å². The first-order valence-electron chi connectivity index (χ1n) is 9.68. The quantitative estimate of drug-likeness (QED) is 0.515. The van der Waals surface area contributed by atoms with Crippen molar-refractivity contribution in [3.05, 3.63) is 58.6 Å². The molecule has 1 aromatic heterocycles. The van der Waals surface area contributed by atoms with Crippen molar-refractivity contribution in [1.82, 2.24) is 10.4 Å². The van der Waals surface area contributed by atoms with Gasteiger partial charge in [0.15, 0.2) is 11.4 Å². The number of hydrogen-bond acceptors (Lipinski definition) is 10. The van der Waals surface area contributed by atoms with Gasteiger partial charge in [0.2, 0.25) is 5.13 Å². The van der Waals surface area contributed by atoms with Crippen LogP contribution >= 0.6 is 11.3 Å². The molecule has 13 heteroatoms. The molecule has 1 aliphatic heterocycles. The highest BCUT2D eigenvalue weighted by molar-refractivity contribution is 7.85. The summed E-state index contributed by atoms with van der Waals surface area (Å²) in [5.74, 6) is -0.738. The third kappa shape index (κ3) is 4.23. The van der Waals surface area contributed by atoms with Gasteiger partial charge in [0.05, 0.1) is 16.3 Å². The standard InChI is InChI=1S/C20H21N5O6S2/c1-12-13(2)32-19(21-12)25-23-18(20(31-3)10-4-5-14(11-20)17(26)27)22-24(25)15-6-8-16(9-7-15)33(28,29)30/h4-10H,11H2,1-3H3,(H,22,23)(H,26,27)(H,28,29,30). The molecule has 1 aromatic carbocycles. The minimum absolute atomic E-state index is 0.0421. The van der Waals surface area contributed by atoms with E-state index in [1.54, 1.807) is 17.3 Å². The predicted molar refractivity (Wildman–Crippen MR) is 123 cm³/mol. The van der Waals surface area contributed by atoms with Crippen molar-refractivity contribution >= 4 is 44.1 Å². The van der Waals surface area contributed by atoms with Crippen LogP contribution in [0.15, 0.2) is 58.1 Å². The zero-order valence-corrected chi connectivity index (χ0v) is 19.5. The van der Waals surface area contributed by atoms with Crippen LogP contribution in [-0.4, -0.2) is 47.6 Å². The van der Waals surface area contributed by atoms with Gasteiger partial charge < -0.3 is 9.84 Å². The SMILES string of the molecule is COC1(C2=NN(c3ccc(S(=O)(=O)O)cc3)N(c3nc(C)c(C)s3)N2)C=CC=C(C(=O)O)C1. The van der Waals surface area contributed by atoms with Gasteiger partial charge in [-0.25, -0.2) is 9.78 Å². The van der Waals surface area contributed by atoms with Crippen LogP contribution in [-0.2, 0) is 19.6 Å². The number of ether oxygens (including phenoxy) is 1. The molecule has 0 radical (unpaired) electrons. The monoisotopic (exact) mass is 491 g/mol. The lowest BCUT2D eigenvalue weighted by molar-refractivity contribution is -0.133. The van der Waals surface area contributed by atoms with Crippen LogP contribution in [0.1, 0.15) is 17.0 Å². The first-order chi connectivity index (χ1) is 15.5. The predicted octanol–water partition coefficient (Wildman–Crippen LogP) is 2.42. The number of nitrogens with one attached hydrogen (secondary N) is 1. The second-order valence-corrected chi connectivity index (χ2v) is 10.00. The Hall–Kier alpha value is -3.26. The van der Waals surface area contributed by atoms with Crippen molar-refractivity contribution in [3.8, 4) is 0 Å². The highest BCUT2D eigenvalue weighted by atomic mass is 32.2. The number of anilines is 2. The van der Waals surface area contributed by atoms with E-state index in [1.807, 2.05) is 13.8 Å². The molecule has 0 fully saturated rings. The smallest absolute Gasteiger partial charge is 0.331 e. The minimum Gasteiger partial charge on any atom is -0.478 e. The van der Waals surface area contributed by atoms with E-state index in [2.05, 4.69) is 15.5 Å². The van der Waals surface area contributed by atoms with Crippen molar-refractivity contribution < 1.29 is 27.6 Å². The zero-order chi connectivity index (χ0) is 24.0. The average Bonchev–Trinajstić information content (AvgIpc) is 3.37. The van der Waals surface area contributed by atoms with Crippen LogP contribution in [0.5, 0.6) is 0 Å². The first-order valence-corrected chi connectivity index (χ1v) is 11.9. The highest BCUT2D eigenvalue weighted by Crippen LogP contribution is 2.35. The Balaban J connectivity index is 1.77. The summed E-state index contributed by atoms with van der Waals surface area (Å²) in [6, 6.07) is 5.48. The maximum atomic E-state index is 11.6. The van der Waals surface area contributed by atoms with E-state index in [1.165, 1.54) is 53.9 Å². The van der Waals surface area contributed by atoms with E-state index >= 15 is 0 Å². The second kappa shape index (κ2) is 8.26. The normalized spacial score (nSPS) is 20.5. The van der Waals surface area contributed by atoms with Crippen LogP contribution in [0, 0.1) is 13.8 Å². The Labute approximate surface area is 194 Å². The summed E-state index contributed by atoms with van der Waals surface area (Å²) in [5, 5.41) is 17.7. The molecule has 11 nitrogen and oxygen atoms in total. The molecule has 1 aliphatic carbocycles. The third-order valence-corrected chi connectivity index (χ3v) is 7.23. The Bertz CT molecular complexity index is 1280. The number of aryl methyl sites for hydroxylation is 2. The Morgan fingerprint density at radius 1 is 1.27 bits per heavy atom. The van der Waals surface area contributed by atoms with Gasteiger partial charge in [0, 0.05) is 24.0 Å². The van der Waals surface area contributed by atoms with Crippen molar-refractivity contribution in [2.75, 3.05) is 17.3 Å². The number of nitrogens with zero attached hydrogens (tertiary/aromatic N) is 4. The first kappa shape index (κ1) is 22.9. The number of carbonyl (C=O) groups is 1. The molecule has 3 N–H and O–H groups in total. The van der Waals surface area contributed by atoms with Gasteiger partial charge in [-0.15, -0.1) is 15.3 Å². The van der Waals surface area contributed by atoms with E-state index in [-0.39, 0.29) is 16.9 Å². The number of amidine groups is 1. The molecular weight excluding hydrogens is 470 g/mol. The van der Waals surface area contributed by atoms with Gasteiger partial charge >= 0.3 is 5.97 Å². The van der Waals surface area contributed by atoms with Gasteiger partial charge in [-0.05, 0) is 44.2 Å². The number of hydrogen-bond donors (Lipinski definition) is 3. The molecule has 2 aromatic rings. The molecule has 0 amide bonds.